The average molecular weight is 246 g/mol. The zero-order valence-corrected chi connectivity index (χ0v) is 10.9. The highest BCUT2D eigenvalue weighted by molar-refractivity contribution is 7.89. The molecule has 0 aromatic carbocycles. The molecule has 0 atom stereocenters. The van der Waals surface area contributed by atoms with E-state index in [-0.39, 0.29) is 4.90 Å². The van der Waals surface area contributed by atoms with E-state index in [0.29, 0.717) is 24.5 Å². The van der Waals surface area contributed by atoms with E-state index < -0.39 is 10.0 Å². The lowest BCUT2D eigenvalue weighted by Crippen LogP contribution is -2.23. The van der Waals surface area contributed by atoms with Crippen LogP contribution < -0.4 is 5.73 Å². The highest BCUT2D eigenvalue weighted by Crippen LogP contribution is 2.21. The number of hydrogen-bond donors (Lipinski definition) is 1. The predicted molar refractivity (Wildman–Crippen MR) is 61.6 cm³/mol. The highest BCUT2D eigenvalue weighted by Gasteiger charge is 2.26. The fourth-order valence-corrected chi connectivity index (χ4v) is 2.83. The molecular formula is C9H18N4O2S. The summed E-state index contributed by atoms with van der Waals surface area (Å²) >= 11 is 0. The average Bonchev–Trinajstić information content (AvgIpc) is 2.42. The van der Waals surface area contributed by atoms with Crippen LogP contribution in [0, 0.1) is 13.8 Å². The molecule has 0 unspecified atom stereocenters. The molecule has 1 aromatic heterocycles. The Labute approximate surface area is 96.1 Å². The Hall–Kier alpha value is -0.920. The van der Waals surface area contributed by atoms with E-state index in [2.05, 4.69) is 5.10 Å². The van der Waals surface area contributed by atoms with Gasteiger partial charge in [0.2, 0.25) is 10.0 Å². The number of nitrogens with two attached hydrogens (primary N) is 1. The van der Waals surface area contributed by atoms with Crippen molar-refractivity contribution in [2.75, 3.05) is 20.6 Å². The van der Waals surface area contributed by atoms with Crippen LogP contribution in [0.25, 0.3) is 0 Å². The lowest BCUT2D eigenvalue weighted by atomic mass is 10.4. The van der Waals surface area contributed by atoms with Crippen LogP contribution in [0.4, 0.5) is 0 Å². The molecule has 7 heteroatoms. The first-order valence-corrected chi connectivity index (χ1v) is 6.43. The Morgan fingerprint density at radius 3 is 2.38 bits per heavy atom. The fourth-order valence-electron chi connectivity index (χ4n) is 1.58. The Balaban J connectivity index is 3.36. The molecule has 16 heavy (non-hydrogen) atoms. The van der Waals surface area contributed by atoms with Crippen molar-refractivity contribution in [1.82, 2.24) is 14.1 Å². The van der Waals surface area contributed by atoms with Gasteiger partial charge in [-0.2, -0.15) is 5.10 Å². The van der Waals surface area contributed by atoms with E-state index in [1.165, 1.54) is 18.4 Å². The molecular weight excluding hydrogens is 228 g/mol. The van der Waals surface area contributed by atoms with Crippen LogP contribution in [0.3, 0.4) is 0 Å². The quantitative estimate of drug-likeness (QED) is 0.791. The minimum absolute atomic E-state index is 0.283. The minimum atomic E-state index is -3.43. The Morgan fingerprint density at radius 1 is 1.38 bits per heavy atom. The lowest BCUT2D eigenvalue weighted by molar-refractivity contribution is 0.518. The topological polar surface area (TPSA) is 81.2 Å². The van der Waals surface area contributed by atoms with Crippen molar-refractivity contribution in [3.63, 3.8) is 0 Å². The molecule has 0 saturated carbocycles. The molecule has 0 radical (unpaired) electrons. The van der Waals surface area contributed by atoms with Crippen LogP contribution in [-0.4, -0.2) is 43.1 Å². The van der Waals surface area contributed by atoms with Gasteiger partial charge in [-0.25, -0.2) is 12.7 Å². The molecule has 0 fully saturated rings. The molecule has 0 bridgehead atoms. The summed E-state index contributed by atoms with van der Waals surface area (Å²) in [5.74, 6) is 0. The predicted octanol–water partition coefficient (Wildman–Crippen LogP) is -0.291. The summed E-state index contributed by atoms with van der Waals surface area (Å²) in [4.78, 5) is 0.283. The van der Waals surface area contributed by atoms with Gasteiger partial charge < -0.3 is 5.73 Å². The summed E-state index contributed by atoms with van der Waals surface area (Å²) in [7, 11) is -0.410. The molecule has 1 rings (SSSR count). The maximum absolute atomic E-state index is 12.0. The first-order chi connectivity index (χ1) is 7.32. The highest BCUT2D eigenvalue weighted by atomic mass is 32.2. The zero-order chi connectivity index (χ0) is 12.5. The van der Waals surface area contributed by atoms with Gasteiger partial charge in [0.15, 0.2) is 0 Å². The summed E-state index contributed by atoms with van der Waals surface area (Å²) in [6.45, 7) is 4.39. The lowest BCUT2D eigenvalue weighted by Gasteiger charge is -2.11. The second kappa shape index (κ2) is 4.52. The van der Waals surface area contributed by atoms with Crippen LogP contribution in [0.2, 0.25) is 0 Å². The molecule has 0 aliphatic rings. The zero-order valence-electron chi connectivity index (χ0n) is 10.1. The van der Waals surface area contributed by atoms with E-state index in [0.717, 1.165) is 0 Å². The van der Waals surface area contributed by atoms with E-state index in [9.17, 15) is 8.42 Å². The molecule has 6 nitrogen and oxygen atoms in total. The van der Waals surface area contributed by atoms with Crippen molar-refractivity contribution >= 4 is 10.0 Å². The van der Waals surface area contributed by atoms with Crippen molar-refractivity contribution in [1.29, 1.82) is 0 Å². The van der Waals surface area contributed by atoms with Gasteiger partial charge in [-0.1, -0.05) is 0 Å². The van der Waals surface area contributed by atoms with Crippen LogP contribution >= 0.6 is 0 Å². The minimum Gasteiger partial charge on any atom is -0.329 e. The monoisotopic (exact) mass is 246 g/mol. The number of sulfonamides is 1. The van der Waals surface area contributed by atoms with Crippen molar-refractivity contribution in [2.45, 2.75) is 25.3 Å². The maximum atomic E-state index is 12.0. The van der Waals surface area contributed by atoms with Gasteiger partial charge in [-0.3, -0.25) is 4.68 Å². The van der Waals surface area contributed by atoms with Gasteiger partial charge in [-0.05, 0) is 13.8 Å². The Morgan fingerprint density at radius 2 is 1.94 bits per heavy atom. The van der Waals surface area contributed by atoms with E-state index in [1.807, 2.05) is 0 Å². The molecule has 0 aliphatic carbocycles. The summed E-state index contributed by atoms with van der Waals surface area (Å²) in [6, 6.07) is 0. The number of aryl methyl sites for hydroxylation is 1. The SMILES string of the molecule is Cc1nn(CCN)c(C)c1S(=O)(=O)N(C)C. The molecule has 0 saturated heterocycles. The fraction of sp³-hybridized carbons (Fsp3) is 0.667. The normalized spacial score (nSPS) is 12.4. The number of nitrogens with zero attached hydrogens (tertiary/aromatic N) is 3. The van der Waals surface area contributed by atoms with E-state index in [1.54, 1.807) is 18.5 Å². The second-order valence-corrected chi connectivity index (χ2v) is 5.89. The van der Waals surface area contributed by atoms with Gasteiger partial charge in [-0.15, -0.1) is 0 Å². The van der Waals surface area contributed by atoms with Crippen molar-refractivity contribution in [3.8, 4) is 0 Å². The molecule has 0 amide bonds. The summed E-state index contributed by atoms with van der Waals surface area (Å²) in [5.41, 5.74) is 6.59. The number of rotatable bonds is 4. The maximum Gasteiger partial charge on any atom is 0.246 e. The van der Waals surface area contributed by atoms with E-state index >= 15 is 0 Å². The standard InChI is InChI=1S/C9H18N4O2S/c1-7-9(16(14,15)12(3)4)8(2)13(11-7)6-5-10/h5-6,10H2,1-4H3. The van der Waals surface area contributed by atoms with Gasteiger partial charge in [0.05, 0.1) is 17.9 Å². The smallest absolute Gasteiger partial charge is 0.246 e. The number of aromatic nitrogens is 2. The van der Waals surface area contributed by atoms with Crippen molar-refractivity contribution < 1.29 is 8.42 Å². The summed E-state index contributed by atoms with van der Waals surface area (Å²) < 4.78 is 26.9. The van der Waals surface area contributed by atoms with Crippen LogP contribution in [-0.2, 0) is 16.6 Å². The van der Waals surface area contributed by atoms with Gasteiger partial charge >= 0.3 is 0 Å². The second-order valence-electron chi connectivity index (χ2n) is 3.80. The van der Waals surface area contributed by atoms with Crippen LogP contribution in [0.1, 0.15) is 11.4 Å². The van der Waals surface area contributed by atoms with Crippen molar-refractivity contribution in [2.24, 2.45) is 5.73 Å². The third-order valence-corrected chi connectivity index (χ3v) is 4.46. The van der Waals surface area contributed by atoms with Crippen LogP contribution in [0.15, 0.2) is 4.90 Å². The third-order valence-electron chi connectivity index (χ3n) is 2.39. The van der Waals surface area contributed by atoms with Gasteiger partial charge in [0.1, 0.15) is 4.90 Å². The third kappa shape index (κ3) is 2.11. The molecule has 1 aromatic rings. The van der Waals surface area contributed by atoms with Gasteiger partial charge in [0, 0.05) is 20.6 Å². The molecule has 92 valence electrons. The van der Waals surface area contributed by atoms with Crippen LogP contribution in [0.5, 0.6) is 0 Å². The van der Waals surface area contributed by atoms with Crippen molar-refractivity contribution in [3.05, 3.63) is 11.4 Å². The molecule has 2 N–H and O–H groups in total. The Kier molecular flexibility index (Phi) is 3.72. The molecule has 0 spiro atoms. The Bertz CT molecular complexity index is 476. The summed E-state index contributed by atoms with van der Waals surface area (Å²) in [5, 5.41) is 4.18. The van der Waals surface area contributed by atoms with Gasteiger partial charge in [0.25, 0.3) is 0 Å². The summed E-state index contributed by atoms with van der Waals surface area (Å²) in [6.07, 6.45) is 0. The van der Waals surface area contributed by atoms with E-state index in [4.69, 9.17) is 5.73 Å². The molecule has 1 heterocycles. The first-order valence-electron chi connectivity index (χ1n) is 4.99. The largest absolute Gasteiger partial charge is 0.329 e. The number of hydrogen-bond acceptors (Lipinski definition) is 4. The first kappa shape index (κ1) is 13.1. The molecule has 0 aliphatic heterocycles.